The van der Waals surface area contributed by atoms with Gasteiger partial charge in [0.25, 0.3) is 0 Å². The van der Waals surface area contributed by atoms with E-state index < -0.39 is 6.04 Å². The first-order chi connectivity index (χ1) is 15.9. The SMILES string of the molecule is C[C@H](C(=O)Nc1ccc(OCc2ccccc2)cc1)N1C(=O)[C@H]2[C@@H]3C[C@H]([C@@H](Br)[C@H]3Br)[C@@H]2C1=O. The lowest BCUT2D eigenvalue weighted by Gasteiger charge is -2.28. The second-order valence-electron chi connectivity index (χ2n) is 9.01. The van der Waals surface area contributed by atoms with Crippen molar-refractivity contribution in [1.82, 2.24) is 4.90 Å². The molecular weight excluding hydrogens is 552 g/mol. The first-order valence-electron chi connectivity index (χ1n) is 11.1. The summed E-state index contributed by atoms with van der Waals surface area (Å²) in [5.41, 5.74) is 1.65. The molecule has 2 saturated carbocycles. The van der Waals surface area contributed by atoms with Crippen LogP contribution in [0.4, 0.5) is 5.69 Å². The predicted octanol–water partition coefficient (Wildman–Crippen LogP) is 4.37. The quantitative estimate of drug-likeness (QED) is 0.410. The van der Waals surface area contributed by atoms with Crippen LogP contribution in [0.2, 0.25) is 0 Å². The van der Waals surface area contributed by atoms with Gasteiger partial charge in [-0.25, -0.2) is 0 Å². The number of anilines is 1. The molecule has 0 unspecified atom stereocenters. The Bertz CT molecular complexity index is 1050. The van der Waals surface area contributed by atoms with Gasteiger partial charge >= 0.3 is 0 Å². The summed E-state index contributed by atoms with van der Waals surface area (Å²) in [5.74, 6) is -0.509. The zero-order valence-corrected chi connectivity index (χ0v) is 21.2. The molecule has 5 rings (SSSR count). The third-order valence-electron chi connectivity index (χ3n) is 7.16. The maximum absolute atomic E-state index is 13.1. The fourth-order valence-corrected chi connectivity index (χ4v) is 7.37. The number of carbonyl (C=O) groups is 3. The molecule has 3 aliphatic rings. The van der Waals surface area contributed by atoms with Gasteiger partial charge in [-0.3, -0.25) is 19.3 Å². The first-order valence-corrected chi connectivity index (χ1v) is 12.9. The number of halogens is 2. The molecule has 0 spiro atoms. The van der Waals surface area contributed by atoms with Crippen LogP contribution in [0.5, 0.6) is 5.75 Å². The number of likely N-dealkylation sites (tertiary alicyclic amines) is 1. The Balaban J connectivity index is 1.21. The normalized spacial score (nSPS) is 30.9. The Morgan fingerprint density at radius 3 is 2.15 bits per heavy atom. The molecule has 2 aromatic carbocycles. The van der Waals surface area contributed by atoms with Crippen molar-refractivity contribution in [1.29, 1.82) is 0 Å². The van der Waals surface area contributed by atoms with Crippen LogP contribution in [-0.2, 0) is 21.0 Å². The molecule has 1 heterocycles. The topological polar surface area (TPSA) is 75.7 Å². The van der Waals surface area contributed by atoms with Gasteiger partial charge in [0.2, 0.25) is 17.7 Å². The van der Waals surface area contributed by atoms with E-state index in [1.807, 2.05) is 30.3 Å². The van der Waals surface area contributed by atoms with Gasteiger partial charge in [0.05, 0.1) is 11.8 Å². The van der Waals surface area contributed by atoms with E-state index in [1.54, 1.807) is 31.2 Å². The number of nitrogens with zero attached hydrogens (tertiary/aromatic N) is 1. The molecule has 7 atom stereocenters. The van der Waals surface area contributed by atoms with E-state index in [-0.39, 0.29) is 51.0 Å². The highest BCUT2D eigenvalue weighted by molar-refractivity contribution is 9.12. The van der Waals surface area contributed by atoms with Crippen LogP contribution in [0.25, 0.3) is 0 Å². The van der Waals surface area contributed by atoms with E-state index in [4.69, 9.17) is 4.74 Å². The standard InChI is InChI=1S/C25H24Br2N2O4/c1-13(29-24(31)19-17-11-18(20(19)25(29)32)22(27)21(17)26)23(30)28-15-7-9-16(10-8-15)33-12-14-5-3-2-4-6-14/h2-10,13,17-22H,11-12H2,1H3,(H,28,30)/t13-,17+,18+,19+,20+,21-,22+/m1/s1. The third kappa shape index (κ3) is 3.91. The van der Waals surface area contributed by atoms with Gasteiger partial charge in [-0.2, -0.15) is 0 Å². The number of hydrogen-bond acceptors (Lipinski definition) is 4. The van der Waals surface area contributed by atoms with E-state index in [0.29, 0.717) is 18.0 Å². The van der Waals surface area contributed by atoms with Gasteiger partial charge < -0.3 is 10.1 Å². The van der Waals surface area contributed by atoms with Crippen LogP contribution in [-0.4, -0.2) is 38.3 Å². The highest BCUT2D eigenvalue weighted by Crippen LogP contribution is 2.60. The Morgan fingerprint density at radius 1 is 1.00 bits per heavy atom. The number of carbonyl (C=O) groups excluding carboxylic acids is 3. The molecule has 172 valence electrons. The number of hydrogen-bond donors (Lipinski definition) is 1. The molecule has 3 fully saturated rings. The van der Waals surface area contributed by atoms with Gasteiger partial charge in [0.15, 0.2) is 0 Å². The maximum Gasteiger partial charge on any atom is 0.247 e. The number of amides is 3. The van der Waals surface area contributed by atoms with E-state index in [0.717, 1.165) is 12.0 Å². The molecule has 0 aromatic heterocycles. The second-order valence-corrected chi connectivity index (χ2v) is 11.1. The summed E-state index contributed by atoms with van der Waals surface area (Å²) in [6.45, 7) is 2.07. The summed E-state index contributed by atoms with van der Waals surface area (Å²) in [7, 11) is 0. The number of benzene rings is 2. The van der Waals surface area contributed by atoms with Gasteiger partial charge in [0.1, 0.15) is 18.4 Å². The van der Waals surface area contributed by atoms with Crippen molar-refractivity contribution in [2.75, 3.05) is 5.32 Å². The zero-order valence-electron chi connectivity index (χ0n) is 18.0. The maximum atomic E-state index is 13.1. The Morgan fingerprint density at radius 2 is 1.58 bits per heavy atom. The molecule has 2 aromatic rings. The minimum Gasteiger partial charge on any atom is -0.489 e. The van der Waals surface area contributed by atoms with Crippen LogP contribution in [0.3, 0.4) is 0 Å². The highest BCUT2D eigenvalue weighted by atomic mass is 79.9. The minimum atomic E-state index is -0.869. The average Bonchev–Trinajstić information content (AvgIpc) is 3.43. The molecule has 2 aliphatic carbocycles. The number of alkyl halides is 2. The number of imide groups is 1. The minimum absolute atomic E-state index is 0.129. The molecule has 0 radical (unpaired) electrons. The molecule has 1 N–H and O–H groups in total. The molecule has 2 bridgehead atoms. The van der Waals surface area contributed by atoms with Crippen LogP contribution >= 0.6 is 31.9 Å². The van der Waals surface area contributed by atoms with Gasteiger partial charge in [-0.05, 0) is 55.0 Å². The number of fused-ring (bicyclic) bond motifs is 5. The van der Waals surface area contributed by atoms with Crippen molar-refractivity contribution in [3.63, 3.8) is 0 Å². The fourth-order valence-electron chi connectivity index (χ4n) is 5.49. The van der Waals surface area contributed by atoms with Gasteiger partial charge in [-0.1, -0.05) is 62.2 Å². The number of ether oxygens (including phenoxy) is 1. The smallest absolute Gasteiger partial charge is 0.247 e. The fraction of sp³-hybridized carbons (Fsp3) is 0.400. The monoisotopic (exact) mass is 574 g/mol. The number of nitrogens with one attached hydrogen (secondary N) is 1. The van der Waals surface area contributed by atoms with Crippen LogP contribution < -0.4 is 10.1 Å². The zero-order chi connectivity index (χ0) is 23.3. The summed E-state index contributed by atoms with van der Waals surface area (Å²) >= 11 is 7.37. The van der Waals surface area contributed by atoms with Crippen LogP contribution in [0, 0.1) is 23.7 Å². The first kappa shape index (κ1) is 22.6. The molecule has 8 heteroatoms. The lowest BCUT2D eigenvalue weighted by atomic mass is 9.81. The van der Waals surface area contributed by atoms with E-state index in [9.17, 15) is 14.4 Å². The van der Waals surface area contributed by atoms with Crippen LogP contribution in [0.1, 0.15) is 18.9 Å². The molecule has 1 saturated heterocycles. The molecule has 3 amide bonds. The largest absolute Gasteiger partial charge is 0.489 e. The summed E-state index contributed by atoms with van der Waals surface area (Å²) in [5, 5.41) is 2.82. The Labute approximate surface area is 209 Å². The van der Waals surface area contributed by atoms with Crippen molar-refractivity contribution < 1.29 is 19.1 Å². The molecule has 6 nitrogen and oxygen atoms in total. The Hall–Kier alpha value is -2.19. The average molecular weight is 576 g/mol. The summed E-state index contributed by atoms with van der Waals surface area (Å²) < 4.78 is 5.78. The second kappa shape index (κ2) is 8.87. The lowest BCUT2D eigenvalue weighted by Crippen LogP contribution is -2.46. The Kier molecular flexibility index (Phi) is 6.07. The van der Waals surface area contributed by atoms with E-state index >= 15 is 0 Å². The van der Waals surface area contributed by atoms with Crippen molar-refractivity contribution in [3.05, 3.63) is 60.2 Å². The lowest BCUT2D eigenvalue weighted by molar-refractivity contribution is -0.146. The van der Waals surface area contributed by atoms with E-state index in [1.165, 1.54) is 4.90 Å². The third-order valence-corrected chi connectivity index (χ3v) is 10.4. The van der Waals surface area contributed by atoms with Crippen molar-refractivity contribution in [3.8, 4) is 5.75 Å². The number of rotatable bonds is 6. The summed E-state index contributed by atoms with van der Waals surface area (Å²) in [4.78, 5) is 40.7. The van der Waals surface area contributed by atoms with Crippen molar-refractivity contribution in [2.45, 2.75) is 35.6 Å². The molecule has 1 aliphatic heterocycles. The highest BCUT2D eigenvalue weighted by Gasteiger charge is 2.67. The van der Waals surface area contributed by atoms with Gasteiger partial charge in [-0.15, -0.1) is 0 Å². The van der Waals surface area contributed by atoms with Crippen molar-refractivity contribution >= 4 is 55.3 Å². The summed E-state index contributed by atoms with van der Waals surface area (Å²) in [6.07, 6.45) is 0.867. The van der Waals surface area contributed by atoms with E-state index in [2.05, 4.69) is 37.2 Å². The summed E-state index contributed by atoms with van der Waals surface area (Å²) in [6, 6.07) is 16.1. The molecule has 33 heavy (non-hydrogen) atoms. The van der Waals surface area contributed by atoms with Crippen LogP contribution in [0.15, 0.2) is 54.6 Å². The van der Waals surface area contributed by atoms with Crippen molar-refractivity contribution in [2.24, 2.45) is 23.7 Å². The molecular formula is C25H24Br2N2O4. The van der Waals surface area contributed by atoms with Gasteiger partial charge in [0, 0.05) is 15.3 Å². The predicted molar refractivity (Wildman–Crippen MR) is 131 cm³/mol.